The second-order valence-electron chi connectivity index (χ2n) is 4.60. The number of hydrogen-bond donors (Lipinski definition) is 1. The van der Waals surface area contributed by atoms with Gasteiger partial charge < -0.3 is 5.73 Å². The third-order valence-corrected chi connectivity index (χ3v) is 4.17. The Kier molecular flexibility index (Phi) is 4.63. The highest BCUT2D eigenvalue weighted by Crippen LogP contribution is 2.35. The fraction of sp³-hybridized carbons (Fsp3) is 0.200. The fourth-order valence-corrected chi connectivity index (χ4v) is 2.95. The standard InChI is InChI=1S/C15H16N2O2S/c1-11-2-4-12(5-3-11)15(10-17(18)19)20-14-8-6-13(16)7-9-14/h2-9,15H,10,16H2,1H3/t15-/m1/s1. The van der Waals surface area contributed by atoms with Crippen molar-refractivity contribution in [2.75, 3.05) is 12.3 Å². The van der Waals surface area contributed by atoms with E-state index < -0.39 is 0 Å². The number of nitro groups is 1. The molecular formula is C15H16N2O2S. The summed E-state index contributed by atoms with van der Waals surface area (Å²) in [6.07, 6.45) is 0. The number of nitrogens with zero attached hydrogens (tertiary/aromatic N) is 1. The van der Waals surface area contributed by atoms with Gasteiger partial charge >= 0.3 is 0 Å². The molecule has 5 heteroatoms. The van der Waals surface area contributed by atoms with Crippen LogP contribution in [0.4, 0.5) is 5.69 Å². The molecule has 0 aliphatic rings. The first-order valence-electron chi connectivity index (χ1n) is 6.25. The predicted molar refractivity (Wildman–Crippen MR) is 82.5 cm³/mol. The van der Waals surface area contributed by atoms with Crippen LogP contribution in [-0.4, -0.2) is 11.5 Å². The van der Waals surface area contributed by atoms with Crippen molar-refractivity contribution in [1.29, 1.82) is 0 Å². The molecule has 0 heterocycles. The average molecular weight is 288 g/mol. The number of nitrogens with two attached hydrogens (primary N) is 1. The van der Waals surface area contributed by atoms with Crippen molar-refractivity contribution in [1.82, 2.24) is 0 Å². The first kappa shape index (κ1) is 14.4. The summed E-state index contributed by atoms with van der Waals surface area (Å²) in [5, 5.41) is 10.7. The van der Waals surface area contributed by atoms with Crippen molar-refractivity contribution in [3.05, 3.63) is 69.8 Å². The zero-order valence-electron chi connectivity index (χ0n) is 11.2. The van der Waals surface area contributed by atoms with E-state index in [0.29, 0.717) is 5.69 Å². The van der Waals surface area contributed by atoms with E-state index in [9.17, 15) is 10.1 Å². The molecule has 20 heavy (non-hydrogen) atoms. The summed E-state index contributed by atoms with van der Waals surface area (Å²) in [6, 6.07) is 15.3. The average Bonchev–Trinajstić information content (AvgIpc) is 2.41. The van der Waals surface area contributed by atoms with Crippen LogP contribution in [0.1, 0.15) is 16.4 Å². The Labute approximate surface area is 122 Å². The quantitative estimate of drug-likeness (QED) is 0.394. The van der Waals surface area contributed by atoms with Crippen LogP contribution in [0.2, 0.25) is 0 Å². The topological polar surface area (TPSA) is 69.2 Å². The van der Waals surface area contributed by atoms with Gasteiger partial charge in [-0.05, 0) is 36.8 Å². The Bertz CT molecular complexity index is 582. The van der Waals surface area contributed by atoms with Gasteiger partial charge in [-0.15, -0.1) is 11.8 Å². The number of anilines is 1. The van der Waals surface area contributed by atoms with E-state index in [1.54, 1.807) is 12.1 Å². The van der Waals surface area contributed by atoms with Crippen molar-refractivity contribution >= 4 is 17.4 Å². The van der Waals surface area contributed by atoms with E-state index in [-0.39, 0.29) is 16.7 Å². The largest absolute Gasteiger partial charge is 0.399 e. The van der Waals surface area contributed by atoms with Crippen LogP contribution >= 0.6 is 11.8 Å². The van der Waals surface area contributed by atoms with E-state index in [0.717, 1.165) is 16.0 Å². The number of thioether (sulfide) groups is 1. The molecule has 0 spiro atoms. The lowest BCUT2D eigenvalue weighted by atomic mass is 10.1. The monoisotopic (exact) mass is 288 g/mol. The number of hydrogen-bond acceptors (Lipinski definition) is 4. The molecule has 0 radical (unpaired) electrons. The molecule has 0 aliphatic heterocycles. The van der Waals surface area contributed by atoms with E-state index in [1.165, 1.54) is 11.8 Å². The molecule has 0 aliphatic carbocycles. The lowest BCUT2D eigenvalue weighted by molar-refractivity contribution is -0.479. The molecule has 0 amide bonds. The molecule has 1 atom stereocenters. The zero-order chi connectivity index (χ0) is 14.5. The maximum atomic E-state index is 10.9. The van der Waals surface area contributed by atoms with Gasteiger partial charge in [0.1, 0.15) is 0 Å². The van der Waals surface area contributed by atoms with Crippen molar-refractivity contribution in [3.63, 3.8) is 0 Å². The summed E-state index contributed by atoms with van der Waals surface area (Å²) < 4.78 is 0. The summed E-state index contributed by atoms with van der Waals surface area (Å²) in [5.74, 6) is 0. The van der Waals surface area contributed by atoms with Gasteiger partial charge in [0.05, 0.1) is 5.25 Å². The third kappa shape index (κ3) is 3.99. The Morgan fingerprint density at radius 1 is 1.15 bits per heavy atom. The minimum Gasteiger partial charge on any atom is -0.399 e. The highest BCUT2D eigenvalue weighted by Gasteiger charge is 2.19. The minimum atomic E-state index is -0.269. The highest BCUT2D eigenvalue weighted by atomic mass is 32.2. The molecule has 0 bridgehead atoms. The molecule has 2 N–H and O–H groups in total. The van der Waals surface area contributed by atoms with Gasteiger partial charge in [-0.1, -0.05) is 29.8 Å². The van der Waals surface area contributed by atoms with Gasteiger partial charge in [0.25, 0.3) is 0 Å². The van der Waals surface area contributed by atoms with Crippen molar-refractivity contribution in [2.24, 2.45) is 0 Å². The molecule has 104 valence electrons. The summed E-state index contributed by atoms with van der Waals surface area (Å²) in [7, 11) is 0. The Hall–Kier alpha value is -2.01. The zero-order valence-corrected chi connectivity index (χ0v) is 12.0. The van der Waals surface area contributed by atoms with Gasteiger partial charge in [0.15, 0.2) is 0 Å². The second-order valence-corrected chi connectivity index (χ2v) is 5.88. The number of nitrogen functional groups attached to an aromatic ring is 1. The maximum Gasteiger partial charge on any atom is 0.220 e. The van der Waals surface area contributed by atoms with Crippen LogP contribution in [0, 0.1) is 17.0 Å². The van der Waals surface area contributed by atoms with Crippen LogP contribution in [0.3, 0.4) is 0 Å². The van der Waals surface area contributed by atoms with E-state index >= 15 is 0 Å². The number of aryl methyl sites for hydroxylation is 1. The summed E-state index contributed by atoms with van der Waals surface area (Å²) in [6.45, 7) is 1.90. The first-order valence-corrected chi connectivity index (χ1v) is 7.13. The SMILES string of the molecule is Cc1ccc([C@@H](C[N+](=O)[O-])Sc2ccc(N)cc2)cc1. The Morgan fingerprint density at radius 3 is 2.30 bits per heavy atom. The van der Waals surface area contributed by atoms with Gasteiger partial charge in [-0.2, -0.15) is 0 Å². The highest BCUT2D eigenvalue weighted by molar-refractivity contribution is 7.99. The first-order chi connectivity index (χ1) is 9.54. The molecule has 4 nitrogen and oxygen atoms in total. The van der Waals surface area contributed by atoms with Crippen LogP contribution < -0.4 is 5.73 Å². The maximum absolute atomic E-state index is 10.9. The summed E-state index contributed by atoms with van der Waals surface area (Å²) >= 11 is 1.49. The molecule has 0 saturated carbocycles. The van der Waals surface area contributed by atoms with Crippen LogP contribution in [0.15, 0.2) is 53.4 Å². The lowest BCUT2D eigenvalue weighted by Crippen LogP contribution is -2.09. The van der Waals surface area contributed by atoms with Gasteiger partial charge in [-0.25, -0.2) is 0 Å². The summed E-state index contributed by atoms with van der Waals surface area (Å²) in [5.41, 5.74) is 8.45. The summed E-state index contributed by atoms with van der Waals surface area (Å²) in [4.78, 5) is 11.6. The van der Waals surface area contributed by atoms with Crippen molar-refractivity contribution in [2.45, 2.75) is 17.1 Å². The normalized spacial score (nSPS) is 12.1. The molecule has 0 unspecified atom stereocenters. The van der Waals surface area contributed by atoms with Crippen molar-refractivity contribution in [3.8, 4) is 0 Å². The predicted octanol–water partition coefficient (Wildman–Crippen LogP) is 3.69. The van der Waals surface area contributed by atoms with Crippen molar-refractivity contribution < 1.29 is 4.92 Å². The van der Waals surface area contributed by atoms with E-state index in [4.69, 9.17) is 5.73 Å². The molecule has 2 aromatic rings. The molecular weight excluding hydrogens is 272 g/mol. The molecule has 2 aromatic carbocycles. The smallest absolute Gasteiger partial charge is 0.220 e. The van der Waals surface area contributed by atoms with Gasteiger partial charge in [0.2, 0.25) is 6.54 Å². The fourth-order valence-electron chi connectivity index (χ4n) is 1.84. The van der Waals surface area contributed by atoms with E-state index in [1.807, 2.05) is 43.3 Å². The number of benzene rings is 2. The molecule has 0 saturated heterocycles. The van der Waals surface area contributed by atoms with Crippen LogP contribution in [0.25, 0.3) is 0 Å². The molecule has 0 fully saturated rings. The van der Waals surface area contributed by atoms with Crippen LogP contribution in [-0.2, 0) is 0 Å². The Balaban J connectivity index is 2.21. The Morgan fingerprint density at radius 2 is 1.75 bits per heavy atom. The van der Waals surface area contributed by atoms with E-state index in [2.05, 4.69) is 0 Å². The number of rotatable bonds is 5. The van der Waals surface area contributed by atoms with Crippen LogP contribution in [0.5, 0.6) is 0 Å². The van der Waals surface area contributed by atoms with Gasteiger partial charge in [-0.3, -0.25) is 10.1 Å². The second kappa shape index (κ2) is 6.43. The lowest BCUT2D eigenvalue weighted by Gasteiger charge is -2.13. The molecule has 0 aromatic heterocycles. The minimum absolute atomic E-state index is 0.0991. The van der Waals surface area contributed by atoms with Gasteiger partial charge in [0, 0.05) is 15.5 Å². The third-order valence-electron chi connectivity index (χ3n) is 2.92. The molecule has 2 rings (SSSR count).